The molecule has 3 rings (SSSR count). The van der Waals surface area contributed by atoms with Crippen molar-refractivity contribution in [1.82, 2.24) is 9.71 Å². The fourth-order valence-corrected chi connectivity index (χ4v) is 4.60. The standard InChI is InChI=1S/C16H14N2O2.C12H16INO4S/c1-2-20-16(19)13-9-6-12(7-10-13)8-11-14-4-3-5-15(17)18-14;1-3-11(12(15)18-4-2)14-19(16,17)10-7-5-9(13)6-8-10/h3-7,9-10H,2H2,1H3,(H2,17,18);5-8,11,14H,3-4H2,1-2H3. The smallest absolute Gasteiger partial charge is 0.338 e. The Balaban J connectivity index is 0.000000274. The van der Waals surface area contributed by atoms with Crippen molar-refractivity contribution in [3.8, 4) is 11.8 Å². The Morgan fingerprint density at radius 2 is 1.59 bits per heavy atom. The molecule has 0 aliphatic heterocycles. The van der Waals surface area contributed by atoms with Crippen molar-refractivity contribution >= 4 is 50.4 Å². The van der Waals surface area contributed by atoms with Crippen LogP contribution in [0.3, 0.4) is 0 Å². The number of pyridine rings is 1. The number of halogens is 1. The number of sulfonamides is 1. The van der Waals surface area contributed by atoms with Gasteiger partial charge in [-0.1, -0.05) is 18.9 Å². The van der Waals surface area contributed by atoms with Crippen LogP contribution in [0.2, 0.25) is 0 Å². The van der Waals surface area contributed by atoms with Gasteiger partial charge in [-0.05, 0) is 109 Å². The quantitative estimate of drug-likeness (QED) is 0.208. The van der Waals surface area contributed by atoms with Gasteiger partial charge in [0.2, 0.25) is 10.0 Å². The molecule has 0 aliphatic carbocycles. The highest BCUT2D eigenvalue weighted by molar-refractivity contribution is 14.1. The minimum absolute atomic E-state index is 0.135. The van der Waals surface area contributed by atoms with Crippen molar-refractivity contribution in [3.63, 3.8) is 0 Å². The summed E-state index contributed by atoms with van der Waals surface area (Å²) in [6, 6.07) is 17.8. The zero-order valence-corrected chi connectivity index (χ0v) is 24.8. The van der Waals surface area contributed by atoms with Crippen molar-refractivity contribution in [2.24, 2.45) is 0 Å². The summed E-state index contributed by atoms with van der Waals surface area (Å²) in [7, 11) is -3.71. The lowest BCUT2D eigenvalue weighted by atomic mass is 10.1. The van der Waals surface area contributed by atoms with Crippen LogP contribution in [0.5, 0.6) is 0 Å². The molecule has 1 atom stereocenters. The highest BCUT2D eigenvalue weighted by Crippen LogP contribution is 2.13. The van der Waals surface area contributed by atoms with Gasteiger partial charge in [-0.2, -0.15) is 4.72 Å². The van der Waals surface area contributed by atoms with Crippen LogP contribution in [0.4, 0.5) is 5.82 Å². The van der Waals surface area contributed by atoms with Crippen LogP contribution in [-0.2, 0) is 24.3 Å². The lowest BCUT2D eigenvalue weighted by molar-refractivity contribution is -0.145. The van der Waals surface area contributed by atoms with E-state index in [1.54, 1.807) is 75.4 Å². The van der Waals surface area contributed by atoms with E-state index in [2.05, 4.69) is 44.1 Å². The van der Waals surface area contributed by atoms with Crippen LogP contribution in [0, 0.1) is 15.4 Å². The van der Waals surface area contributed by atoms with Crippen molar-refractivity contribution in [3.05, 3.63) is 87.1 Å². The number of hydrogen-bond donors (Lipinski definition) is 2. The van der Waals surface area contributed by atoms with E-state index >= 15 is 0 Å². The van der Waals surface area contributed by atoms with Crippen LogP contribution < -0.4 is 10.5 Å². The third kappa shape index (κ3) is 10.7. The Morgan fingerprint density at radius 1 is 0.949 bits per heavy atom. The number of nitrogens with zero attached hydrogens (tertiary/aromatic N) is 1. The number of rotatable bonds is 8. The topological polar surface area (TPSA) is 138 Å². The highest BCUT2D eigenvalue weighted by atomic mass is 127. The summed E-state index contributed by atoms with van der Waals surface area (Å²) in [5, 5.41) is 0. The molecule has 11 heteroatoms. The van der Waals surface area contributed by atoms with Gasteiger partial charge < -0.3 is 15.2 Å². The van der Waals surface area contributed by atoms with Gasteiger partial charge in [0.15, 0.2) is 0 Å². The minimum atomic E-state index is -3.71. The van der Waals surface area contributed by atoms with Crippen molar-refractivity contribution < 1.29 is 27.5 Å². The second-order valence-corrected chi connectivity index (χ2v) is 10.7. The largest absolute Gasteiger partial charge is 0.465 e. The number of carbonyl (C=O) groups is 2. The number of anilines is 1. The predicted molar refractivity (Wildman–Crippen MR) is 157 cm³/mol. The van der Waals surface area contributed by atoms with E-state index in [9.17, 15) is 18.0 Å². The zero-order chi connectivity index (χ0) is 28.8. The van der Waals surface area contributed by atoms with Gasteiger partial charge >= 0.3 is 11.9 Å². The SMILES string of the molecule is CCOC(=O)C(CC)NS(=O)(=O)c1ccc(I)cc1.CCOC(=O)c1ccc(C#Cc2cccc(N)n2)cc1. The number of ether oxygens (including phenoxy) is 2. The van der Waals surface area contributed by atoms with E-state index in [0.29, 0.717) is 30.1 Å². The molecule has 2 aromatic carbocycles. The van der Waals surface area contributed by atoms with Gasteiger partial charge in [-0.3, -0.25) is 4.79 Å². The highest BCUT2D eigenvalue weighted by Gasteiger charge is 2.25. The molecule has 0 bridgehead atoms. The Morgan fingerprint density at radius 3 is 2.15 bits per heavy atom. The molecule has 1 aromatic heterocycles. The summed E-state index contributed by atoms with van der Waals surface area (Å²) in [4.78, 5) is 27.3. The van der Waals surface area contributed by atoms with Gasteiger partial charge in [0.05, 0.1) is 23.7 Å². The molecule has 9 nitrogen and oxygen atoms in total. The summed E-state index contributed by atoms with van der Waals surface area (Å²) in [5.41, 5.74) is 7.50. The summed E-state index contributed by atoms with van der Waals surface area (Å²) in [5.74, 6) is 5.44. The number of nitrogen functional groups attached to an aromatic ring is 1. The number of benzene rings is 2. The Labute approximate surface area is 242 Å². The second-order valence-electron chi connectivity index (χ2n) is 7.78. The lowest BCUT2D eigenvalue weighted by Gasteiger charge is -2.15. The van der Waals surface area contributed by atoms with E-state index in [1.165, 1.54) is 12.1 Å². The normalized spacial score (nSPS) is 11.2. The Bertz CT molecular complexity index is 1420. The molecule has 0 spiro atoms. The number of aromatic nitrogens is 1. The molecule has 0 radical (unpaired) electrons. The van der Waals surface area contributed by atoms with Gasteiger partial charge in [-0.25, -0.2) is 18.2 Å². The van der Waals surface area contributed by atoms with Gasteiger partial charge in [0.1, 0.15) is 17.6 Å². The first-order valence-electron chi connectivity index (χ1n) is 12.1. The molecule has 3 aromatic rings. The number of esters is 2. The van der Waals surface area contributed by atoms with Crippen LogP contribution in [0.1, 0.15) is 48.8 Å². The van der Waals surface area contributed by atoms with Gasteiger partial charge in [0, 0.05) is 9.13 Å². The maximum atomic E-state index is 12.1. The van der Waals surface area contributed by atoms with Crippen LogP contribution in [0.25, 0.3) is 0 Å². The molecule has 1 unspecified atom stereocenters. The molecule has 0 saturated carbocycles. The maximum Gasteiger partial charge on any atom is 0.338 e. The van der Waals surface area contributed by atoms with Crippen LogP contribution in [-0.4, -0.2) is 44.6 Å². The first-order chi connectivity index (χ1) is 18.6. The van der Waals surface area contributed by atoms with Crippen LogP contribution in [0.15, 0.2) is 71.6 Å². The molecular weight excluding hydrogens is 633 g/mol. The molecular formula is C28H30IN3O6S. The zero-order valence-electron chi connectivity index (χ0n) is 21.8. The number of carbonyl (C=O) groups excluding carboxylic acids is 2. The summed E-state index contributed by atoms with van der Waals surface area (Å²) >= 11 is 2.09. The maximum absolute atomic E-state index is 12.1. The summed E-state index contributed by atoms with van der Waals surface area (Å²) in [6.07, 6.45) is 0.336. The van der Waals surface area contributed by atoms with E-state index in [-0.39, 0.29) is 17.5 Å². The fourth-order valence-electron chi connectivity index (χ4n) is 2.97. The minimum Gasteiger partial charge on any atom is -0.465 e. The Hall–Kier alpha value is -3.47. The molecule has 1 heterocycles. The summed E-state index contributed by atoms with van der Waals surface area (Å²) < 4.78 is 37.2. The average molecular weight is 664 g/mol. The van der Waals surface area contributed by atoms with Crippen molar-refractivity contribution in [1.29, 1.82) is 0 Å². The van der Waals surface area contributed by atoms with E-state index in [4.69, 9.17) is 15.2 Å². The Kier molecular flexibility index (Phi) is 12.9. The second kappa shape index (κ2) is 15.8. The first kappa shape index (κ1) is 31.7. The van der Waals surface area contributed by atoms with Gasteiger partial charge in [0.25, 0.3) is 0 Å². The molecule has 3 N–H and O–H groups in total. The van der Waals surface area contributed by atoms with Crippen molar-refractivity contribution in [2.75, 3.05) is 18.9 Å². The van der Waals surface area contributed by atoms with E-state index in [0.717, 1.165) is 9.13 Å². The monoisotopic (exact) mass is 663 g/mol. The molecule has 0 amide bonds. The number of nitrogens with two attached hydrogens (primary N) is 1. The predicted octanol–water partition coefficient (Wildman–Crippen LogP) is 4.15. The van der Waals surface area contributed by atoms with E-state index < -0.39 is 22.0 Å². The van der Waals surface area contributed by atoms with Crippen LogP contribution >= 0.6 is 22.6 Å². The molecule has 0 saturated heterocycles. The molecule has 206 valence electrons. The number of nitrogens with one attached hydrogen (secondary N) is 1. The third-order valence-electron chi connectivity index (χ3n) is 4.90. The van der Waals surface area contributed by atoms with Gasteiger partial charge in [-0.15, -0.1) is 0 Å². The first-order valence-corrected chi connectivity index (χ1v) is 14.6. The van der Waals surface area contributed by atoms with E-state index in [1.807, 2.05) is 0 Å². The van der Waals surface area contributed by atoms with Crippen molar-refractivity contribution in [2.45, 2.75) is 38.1 Å². The molecule has 0 fully saturated rings. The number of hydrogen-bond acceptors (Lipinski definition) is 8. The summed E-state index contributed by atoms with van der Waals surface area (Å²) in [6.45, 7) is 5.76. The molecule has 0 aliphatic rings. The third-order valence-corrected chi connectivity index (χ3v) is 7.11. The lowest BCUT2D eigenvalue weighted by Crippen LogP contribution is -2.41. The average Bonchev–Trinajstić information content (AvgIpc) is 2.92. The molecule has 39 heavy (non-hydrogen) atoms. The fraction of sp³-hybridized carbons (Fsp3) is 0.250.